The number of carboxylic acid groups (broad SMARTS) is 1. The minimum atomic E-state index is -3.29. The van der Waals surface area contributed by atoms with Crippen LogP contribution in [0.25, 0.3) is 0 Å². The van der Waals surface area contributed by atoms with Crippen LogP contribution in [0.2, 0.25) is 0 Å². The first-order valence-corrected chi connectivity index (χ1v) is 8.39. The SMILES string of the molecule is Cc1noc(C)c1CS(=O)(=O)C1CCC(C(=O)O)CC1. The number of hydrogen-bond acceptors (Lipinski definition) is 5. The van der Waals surface area contributed by atoms with Crippen LogP contribution in [0.15, 0.2) is 4.52 Å². The van der Waals surface area contributed by atoms with E-state index in [2.05, 4.69) is 5.16 Å². The van der Waals surface area contributed by atoms with Crippen LogP contribution in [-0.2, 0) is 20.4 Å². The van der Waals surface area contributed by atoms with Crippen molar-refractivity contribution in [3.63, 3.8) is 0 Å². The third-order valence-corrected chi connectivity index (χ3v) is 6.24. The second kappa shape index (κ2) is 5.55. The first kappa shape index (κ1) is 15.0. The van der Waals surface area contributed by atoms with Crippen LogP contribution in [0.4, 0.5) is 0 Å². The first-order valence-electron chi connectivity index (χ1n) is 6.67. The Kier molecular flexibility index (Phi) is 4.17. The van der Waals surface area contributed by atoms with Crippen molar-refractivity contribution in [2.45, 2.75) is 50.5 Å². The van der Waals surface area contributed by atoms with E-state index in [1.807, 2.05) is 0 Å². The molecule has 1 aliphatic rings. The lowest BCUT2D eigenvalue weighted by atomic mass is 9.89. The molecule has 0 unspecified atom stereocenters. The summed E-state index contributed by atoms with van der Waals surface area (Å²) in [5, 5.41) is 12.2. The molecule has 6 nitrogen and oxygen atoms in total. The third-order valence-electron chi connectivity index (χ3n) is 4.06. The van der Waals surface area contributed by atoms with Gasteiger partial charge in [-0.25, -0.2) is 8.42 Å². The van der Waals surface area contributed by atoms with E-state index >= 15 is 0 Å². The Morgan fingerprint density at radius 3 is 2.35 bits per heavy atom. The zero-order valence-electron chi connectivity index (χ0n) is 11.6. The Balaban J connectivity index is 2.07. The predicted molar refractivity (Wildman–Crippen MR) is 72.0 cm³/mol. The molecule has 0 spiro atoms. The van der Waals surface area contributed by atoms with Gasteiger partial charge >= 0.3 is 5.97 Å². The molecule has 112 valence electrons. The van der Waals surface area contributed by atoms with E-state index in [0.717, 1.165) is 0 Å². The Morgan fingerprint density at radius 2 is 1.90 bits per heavy atom. The highest BCUT2D eigenvalue weighted by atomic mass is 32.2. The molecule has 7 heteroatoms. The van der Waals surface area contributed by atoms with Crippen molar-refractivity contribution in [2.24, 2.45) is 5.92 Å². The highest BCUT2D eigenvalue weighted by molar-refractivity contribution is 7.91. The van der Waals surface area contributed by atoms with Gasteiger partial charge in [0.15, 0.2) is 9.84 Å². The second-order valence-corrected chi connectivity index (χ2v) is 7.70. The zero-order chi connectivity index (χ0) is 14.9. The number of hydrogen-bond donors (Lipinski definition) is 1. The van der Waals surface area contributed by atoms with Crippen molar-refractivity contribution < 1.29 is 22.8 Å². The molecule has 0 amide bonds. The van der Waals surface area contributed by atoms with Gasteiger partial charge in [-0.15, -0.1) is 0 Å². The fourth-order valence-electron chi connectivity index (χ4n) is 2.70. The lowest BCUT2D eigenvalue weighted by Gasteiger charge is -2.25. The first-order chi connectivity index (χ1) is 9.31. The van der Waals surface area contributed by atoms with Gasteiger partial charge in [0.2, 0.25) is 0 Å². The van der Waals surface area contributed by atoms with Crippen LogP contribution in [0.5, 0.6) is 0 Å². The molecule has 2 rings (SSSR count). The Bertz CT molecular complexity index is 577. The van der Waals surface area contributed by atoms with Crippen molar-refractivity contribution in [2.75, 3.05) is 0 Å². The molecule has 0 atom stereocenters. The maximum atomic E-state index is 12.4. The lowest BCUT2D eigenvalue weighted by molar-refractivity contribution is -0.142. The molecular weight excluding hydrogens is 282 g/mol. The fourth-order valence-corrected chi connectivity index (χ4v) is 4.74. The van der Waals surface area contributed by atoms with Crippen LogP contribution >= 0.6 is 0 Å². The quantitative estimate of drug-likeness (QED) is 0.911. The van der Waals surface area contributed by atoms with Crippen LogP contribution in [-0.4, -0.2) is 29.9 Å². The van der Waals surface area contributed by atoms with E-state index in [1.165, 1.54) is 0 Å². The second-order valence-electron chi connectivity index (χ2n) is 5.42. The van der Waals surface area contributed by atoms with Crippen LogP contribution in [0.1, 0.15) is 42.7 Å². The zero-order valence-corrected chi connectivity index (χ0v) is 12.4. The summed E-state index contributed by atoms with van der Waals surface area (Å²) in [5.74, 6) is -0.770. The highest BCUT2D eigenvalue weighted by Gasteiger charge is 2.34. The fraction of sp³-hybridized carbons (Fsp3) is 0.692. The van der Waals surface area contributed by atoms with Crippen molar-refractivity contribution in [3.05, 3.63) is 17.0 Å². The number of nitrogens with zero attached hydrogens (tertiary/aromatic N) is 1. The smallest absolute Gasteiger partial charge is 0.306 e. The van der Waals surface area contributed by atoms with E-state index in [4.69, 9.17) is 9.63 Å². The number of aromatic nitrogens is 1. The number of rotatable bonds is 4. The van der Waals surface area contributed by atoms with E-state index in [1.54, 1.807) is 13.8 Å². The van der Waals surface area contributed by atoms with Crippen molar-refractivity contribution in [3.8, 4) is 0 Å². The van der Waals surface area contributed by atoms with Gasteiger partial charge in [0, 0.05) is 5.56 Å². The topological polar surface area (TPSA) is 97.5 Å². The van der Waals surface area contributed by atoms with Gasteiger partial charge in [0.25, 0.3) is 0 Å². The Morgan fingerprint density at radius 1 is 1.30 bits per heavy atom. The summed E-state index contributed by atoms with van der Waals surface area (Å²) in [6.45, 7) is 3.43. The summed E-state index contributed by atoms with van der Waals surface area (Å²) in [7, 11) is -3.29. The van der Waals surface area contributed by atoms with Crippen molar-refractivity contribution >= 4 is 15.8 Å². The summed E-state index contributed by atoms with van der Waals surface area (Å²) < 4.78 is 29.8. The molecule has 0 radical (unpaired) electrons. The summed E-state index contributed by atoms with van der Waals surface area (Å²) in [4.78, 5) is 10.9. The number of aliphatic carboxylic acids is 1. The van der Waals surface area contributed by atoms with E-state index in [-0.39, 0.29) is 5.75 Å². The summed E-state index contributed by atoms with van der Waals surface area (Å²) in [5.41, 5.74) is 1.23. The molecule has 1 N–H and O–H groups in total. The lowest BCUT2D eigenvalue weighted by Crippen LogP contribution is -2.30. The Labute approximate surface area is 118 Å². The minimum absolute atomic E-state index is 0.0728. The minimum Gasteiger partial charge on any atom is -0.481 e. The molecule has 0 bridgehead atoms. The van der Waals surface area contributed by atoms with Gasteiger partial charge < -0.3 is 9.63 Å². The van der Waals surface area contributed by atoms with Crippen LogP contribution in [0.3, 0.4) is 0 Å². The molecule has 1 fully saturated rings. The number of aryl methyl sites for hydroxylation is 2. The highest BCUT2D eigenvalue weighted by Crippen LogP contribution is 2.31. The van der Waals surface area contributed by atoms with E-state index in [9.17, 15) is 13.2 Å². The number of sulfone groups is 1. The number of carbonyl (C=O) groups is 1. The average Bonchev–Trinajstić information content (AvgIpc) is 2.70. The maximum Gasteiger partial charge on any atom is 0.306 e. The Hall–Kier alpha value is -1.37. The third kappa shape index (κ3) is 3.03. The molecule has 0 aromatic carbocycles. The molecule has 1 aromatic heterocycles. The van der Waals surface area contributed by atoms with E-state index < -0.39 is 27.0 Å². The average molecular weight is 301 g/mol. The van der Waals surface area contributed by atoms with Crippen LogP contribution < -0.4 is 0 Å². The van der Waals surface area contributed by atoms with Crippen LogP contribution in [0, 0.1) is 19.8 Å². The van der Waals surface area contributed by atoms with E-state index in [0.29, 0.717) is 42.7 Å². The molecule has 1 heterocycles. The molecule has 1 saturated carbocycles. The normalized spacial score (nSPS) is 23.7. The largest absolute Gasteiger partial charge is 0.481 e. The molecule has 1 aromatic rings. The van der Waals surface area contributed by atoms with Crippen molar-refractivity contribution in [1.82, 2.24) is 5.16 Å². The van der Waals surface area contributed by atoms with Gasteiger partial charge in [-0.3, -0.25) is 4.79 Å². The maximum absolute atomic E-state index is 12.4. The molecular formula is C13H19NO5S. The molecule has 20 heavy (non-hydrogen) atoms. The van der Waals surface area contributed by atoms with Gasteiger partial charge in [0.1, 0.15) is 5.76 Å². The van der Waals surface area contributed by atoms with Gasteiger partial charge in [-0.05, 0) is 39.5 Å². The van der Waals surface area contributed by atoms with Gasteiger partial charge in [-0.1, -0.05) is 5.16 Å². The molecule has 0 aliphatic heterocycles. The molecule has 0 saturated heterocycles. The standard InChI is InChI=1S/C13H19NO5S/c1-8-12(9(2)19-14-8)7-20(17,18)11-5-3-10(4-6-11)13(15)16/h10-11H,3-7H2,1-2H3,(H,15,16). The summed E-state index contributed by atoms with van der Waals surface area (Å²) >= 11 is 0. The van der Waals surface area contributed by atoms with Gasteiger partial charge in [-0.2, -0.15) is 0 Å². The predicted octanol–water partition coefficient (Wildman–Crippen LogP) is 1.85. The van der Waals surface area contributed by atoms with Crippen molar-refractivity contribution in [1.29, 1.82) is 0 Å². The summed E-state index contributed by atoms with van der Waals surface area (Å²) in [6.07, 6.45) is 1.70. The monoisotopic (exact) mass is 301 g/mol. The summed E-state index contributed by atoms with van der Waals surface area (Å²) in [6, 6.07) is 0. The molecule has 1 aliphatic carbocycles. The van der Waals surface area contributed by atoms with Gasteiger partial charge in [0.05, 0.1) is 22.6 Å². The number of carboxylic acids is 1.